The molecule has 0 aromatic carbocycles. The molecule has 1 aliphatic heterocycles. The van der Waals surface area contributed by atoms with Gasteiger partial charge in [-0.05, 0) is 34.7 Å². The normalized spacial score (nSPS) is 23.2. The number of carbonyl (C=O) groups excluding carboxylic acids is 1. The molecule has 0 bridgehead atoms. The van der Waals surface area contributed by atoms with Crippen molar-refractivity contribution >= 4 is 34.3 Å². The summed E-state index contributed by atoms with van der Waals surface area (Å²) < 4.78 is 6.35. The second kappa shape index (κ2) is 4.53. The molecule has 1 unspecified atom stereocenters. The summed E-state index contributed by atoms with van der Waals surface area (Å²) in [7, 11) is 1.58. The zero-order valence-electron chi connectivity index (χ0n) is 10.1. The van der Waals surface area contributed by atoms with Crippen molar-refractivity contribution in [2.24, 2.45) is 5.41 Å². The summed E-state index contributed by atoms with van der Waals surface area (Å²) in [5.41, 5.74) is -0.184. The molecule has 2 heterocycles. The first-order valence-corrected chi connectivity index (χ1v) is 6.49. The van der Waals surface area contributed by atoms with E-state index in [1.165, 1.54) is 0 Å². The Labute approximate surface area is 114 Å². The zero-order valence-corrected chi connectivity index (χ0v) is 12.3. The lowest BCUT2D eigenvalue weighted by molar-refractivity contribution is -0.128. The van der Waals surface area contributed by atoms with Crippen LogP contribution in [0, 0.1) is 8.99 Å². The number of hydrogen-bond acceptors (Lipinski definition) is 3. The van der Waals surface area contributed by atoms with E-state index in [2.05, 4.69) is 27.6 Å². The fourth-order valence-electron chi connectivity index (χ4n) is 2.19. The third-order valence-corrected chi connectivity index (χ3v) is 3.63. The highest BCUT2D eigenvalue weighted by atomic mass is 127. The molecule has 2 rings (SSSR count). The van der Waals surface area contributed by atoms with Gasteiger partial charge in [0.25, 0.3) is 5.91 Å². The third kappa shape index (κ3) is 2.30. The van der Waals surface area contributed by atoms with Gasteiger partial charge >= 0.3 is 0 Å². The van der Waals surface area contributed by atoms with Crippen molar-refractivity contribution in [2.45, 2.75) is 20.0 Å². The average molecular weight is 346 g/mol. The molecule has 4 nitrogen and oxygen atoms in total. The van der Waals surface area contributed by atoms with E-state index in [1.54, 1.807) is 18.2 Å². The number of anilines is 1. The number of halogens is 1. The first kappa shape index (κ1) is 12.8. The van der Waals surface area contributed by atoms with Crippen LogP contribution in [0.5, 0.6) is 0 Å². The number of carbonyl (C=O) groups is 1. The van der Waals surface area contributed by atoms with Crippen molar-refractivity contribution in [1.29, 1.82) is 0 Å². The molecule has 0 saturated carbocycles. The van der Waals surface area contributed by atoms with Crippen LogP contribution >= 0.6 is 22.6 Å². The van der Waals surface area contributed by atoms with Crippen LogP contribution in [-0.4, -0.2) is 30.6 Å². The van der Waals surface area contributed by atoms with Gasteiger partial charge < -0.3 is 4.74 Å². The topological polar surface area (TPSA) is 42.4 Å². The van der Waals surface area contributed by atoms with Gasteiger partial charge in [-0.15, -0.1) is 0 Å². The van der Waals surface area contributed by atoms with Gasteiger partial charge in [-0.3, -0.25) is 9.69 Å². The number of amides is 1. The van der Waals surface area contributed by atoms with Crippen LogP contribution in [0.3, 0.4) is 0 Å². The van der Waals surface area contributed by atoms with Gasteiger partial charge in [-0.25, -0.2) is 4.98 Å². The van der Waals surface area contributed by atoms with Crippen LogP contribution in [0.2, 0.25) is 0 Å². The largest absolute Gasteiger partial charge is 0.371 e. The Kier molecular flexibility index (Phi) is 3.40. The van der Waals surface area contributed by atoms with Gasteiger partial charge in [0.2, 0.25) is 0 Å². The van der Waals surface area contributed by atoms with Gasteiger partial charge in [0, 0.05) is 28.8 Å². The van der Waals surface area contributed by atoms with E-state index in [9.17, 15) is 4.79 Å². The maximum absolute atomic E-state index is 12.2. The minimum atomic E-state index is -0.386. The molecule has 0 spiro atoms. The van der Waals surface area contributed by atoms with Crippen molar-refractivity contribution < 1.29 is 9.53 Å². The van der Waals surface area contributed by atoms with Crippen LogP contribution in [-0.2, 0) is 9.53 Å². The number of hydrogen-bond donors (Lipinski definition) is 0. The summed E-state index contributed by atoms with van der Waals surface area (Å²) >= 11 is 2.19. The van der Waals surface area contributed by atoms with Gasteiger partial charge in [0.1, 0.15) is 11.9 Å². The van der Waals surface area contributed by atoms with E-state index >= 15 is 0 Å². The lowest BCUT2D eigenvalue weighted by Crippen LogP contribution is -2.33. The summed E-state index contributed by atoms with van der Waals surface area (Å²) in [5.74, 6) is 0.689. The van der Waals surface area contributed by atoms with E-state index in [4.69, 9.17) is 4.74 Å². The van der Waals surface area contributed by atoms with Crippen LogP contribution < -0.4 is 4.90 Å². The molecule has 5 heteroatoms. The Morgan fingerprint density at radius 3 is 2.71 bits per heavy atom. The number of methoxy groups -OCH3 is 1. The van der Waals surface area contributed by atoms with Crippen LogP contribution in [0.4, 0.5) is 5.82 Å². The summed E-state index contributed by atoms with van der Waals surface area (Å²) in [6, 6.07) is 3.82. The third-order valence-electron chi connectivity index (χ3n) is 2.99. The molecule has 17 heavy (non-hydrogen) atoms. The number of aromatic nitrogens is 1. The Bertz CT molecular complexity index is 431. The van der Waals surface area contributed by atoms with Crippen molar-refractivity contribution in [3.8, 4) is 0 Å². The standard InChI is InChI=1S/C12H15IN2O2/c1-12(2)7-15(11(16)10(12)17-3)9-5-4-8(13)6-14-9/h4-6,10H,7H2,1-3H3. The average Bonchev–Trinajstić information content (AvgIpc) is 2.50. The molecular weight excluding hydrogens is 331 g/mol. The zero-order chi connectivity index (χ0) is 12.6. The fourth-order valence-corrected chi connectivity index (χ4v) is 2.50. The molecule has 1 aromatic rings. The first-order chi connectivity index (χ1) is 7.95. The predicted molar refractivity (Wildman–Crippen MR) is 73.9 cm³/mol. The molecule has 0 N–H and O–H groups in total. The van der Waals surface area contributed by atoms with E-state index in [0.717, 1.165) is 3.57 Å². The van der Waals surface area contributed by atoms with Gasteiger partial charge in [-0.1, -0.05) is 13.8 Å². The SMILES string of the molecule is COC1C(=O)N(c2ccc(I)cn2)CC1(C)C. The highest BCUT2D eigenvalue weighted by molar-refractivity contribution is 14.1. The highest BCUT2D eigenvalue weighted by Crippen LogP contribution is 2.34. The van der Waals surface area contributed by atoms with Crippen LogP contribution in [0.1, 0.15) is 13.8 Å². The number of rotatable bonds is 2. The monoisotopic (exact) mass is 346 g/mol. The molecule has 1 aromatic heterocycles. The first-order valence-electron chi connectivity index (χ1n) is 5.41. The smallest absolute Gasteiger partial charge is 0.257 e. The second-order valence-corrected chi connectivity index (χ2v) is 6.11. The molecular formula is C12H15IN2O2. The van der Waals surface area contributed by atoms with Crippen molar-refractivity contribution in [2.75, 3.05) is 18.6 Å². The lowest BCUT2D eigenvalue weighted by Gasteiger charge is -2.21. The maximum Gasteiger partial charge on any atom is 0.257 e. The molecule has 1 saturated heterocycles. The molecule has 0 aliphatic carbocycles. The fraction of sp³-hybridized carbons (Fsp3) is 0.500. The Hall–Kier alpha value is -0.690. The van der Waals surface area contributed by atoms with E-state index in [1.807, 2.05) is 26.0 Å². The Morgan fingerprint density at radius 2 is 2.24 bits per heavy atom. The number of pyridine rings is 1. The number of ether oxygens (including phenoxy) is 1. The quantitative estimate of drug-likeness (QED) is 0.770. The highest BCUT2D eigenvalue weighted by Gasteiger charge is 2.47. The molecule has 1 aliphatic rings. The van der Waals surface area contributed by atoms with Crippen molar-refractivity contribution in [1.82, 2.24) is 4.98 Å². The Morgan fingerprint density at radius 1 is 1.53 bits per heavy atom. The van der Waals surface area contributed by atoms with Gasteiger partial charge in [0.15, 0.2) is 0 Å². The van der Waals surface area contributed by atoms with Crippen LogP contribution in [0.15, 0.2) is 18.3 Å². The summed E-state index contributed by atoms with van der Waals surface area (Å²) in [6.07, 6.45) is 1.37. The van der Waals surface area contributed by atoms with Crippen molar-refractivity contribution in [3.05, 3.63) is 21.9 Å². The van der Waals surface area contributed by atoms with Gasteiger partial charge in [0.05, 0.1) is 0 Å². The number of nitrogens with zero attached hydrogens (tertiary/aromatic N) is 2. The van der Waals surface area contributed by atoms with Gasteiger partial charge in [-0.2, -0.15) is 0 Å². The second-order valence-electron chi connectivity index (χ2n) is 4.86. The molecule has 1 amide bonds. The summed E-state index contributed by atoms with van der Waals surface area (Å²) in [6.45, 7) is 4.70. The summed E-state index contributed by atoms with van der Waals surface area (Å²) in [4.78, 5) is 18.2. The molecule has 0 radical (unpaired) electrons. The minimum Gasteiger partial charge on any atom is -0.371 e. The van der Waals surface area contributed by atoms with E-state index in [0.29, 0.717) is 12.4 Å². The molecule has 92 valence electrons. The molecule has 1 atom stereocenters. The van der Waals surface area contributed by atoms with Crippen molar-refractivity contribution in [3.63, 3.8) is 0 Å². The predicted octanol–water partition coefficient (Wildman–Crippen LogP) is 2.07. The van der Waals surface area contributed by atoms with E-state index < -0.39 is 0 Å². The molecule has 1 fully saturated rings. The minimum absolute atomic E-state index is 0.00814. The maximum atomic E-state index is 12.2. The lowest BCUT2D eigenvalue weighted by atomic mass is 9.90. The Balaban J connectivity index is 2.30. The summed E-state index contributed by atoms with van der Waals surface area (Å²) in [5, 5.41) is 0. The van der Waals surface area contributed by atoms with E-state index in [-0.39, 0.29) is 17.4 Å². The van der Waals surface area contributed by atoms with Crippen LogP contribution in [0.25, 0.3) is 0 Å².